The van der Waals surface area contributed by atoms with Crippen LogP contribution < -0.4 is 5.32 Å². The van der Waals surface area contributed by atoms with Gasteiger partial charge in [-0.2, -0.15) is 0 Å². The second kappa shape index (κ2) is 7.05. The van der Waals surface area contributed by atoms with Crippen LogP contribution >= 0.6 is 12.2 Å². The smallest absolute Gasteiger partial charge is 0.267 e. The molecule has 0 bridgehead atoms. The van der Waals surface area contributed by atoms with Crippen LogP contribution in [0.4, 0.5) is 0 Å². The van der Waals surface area contributed by atoms with Crippen molar-refractivity contribution in [3.63, 3.8) is 0 Å². The number of hydrogen-bond donors (Lipinski definition) is 1. The van der Waals surface area contributed by atoms with E-state index in [-0.39, 0.29) is 16.4 Å². The number of sulfonamides is 1. The molecule has 2 aromatic carbocycles. The molecule has 5 nitrogen and oxygen atoms in total. The average Bonchev–Trinajstić information content (AvgIpc) is 2.88. The predicted octanol–water partition coefficient (Wildman–Crippen LogP) is 2.94. The first-order chi connectivity index (χ1) is 12.6. The molecule has 1 aliphatic rings. The zero-order valence-corrected chi connectivity index (χ0v) is 17.4. The Kier molecular flexibility index (Phi) is 5.10. The van der Waals surface area contributed by atoms with Gasteiger partial charge in [0.25, 0.3) is 15.9 Å². The molecular weight excluding hydrogens is 380 g/mol. The first kappa shape index (κ1) is 19.5. The molecule has 1 N–H and O–H groups in total. The van der Waals surface area contributed by atoms with E-state index >= 15 is 0 Å². The second-order valence-corrected chi connectivity index (χ2v) is 9.03. The van der Waals surface area contributed by atoms with Gasteiger partial charge in [0.15, 0.2) is 5.11 Å². The second-order valence-electron chi connectivity index (χ2n) is 6.89. The highest BCUT2D eigenvalue weighted by atomic mass is 32.2. The van der Waals surface area contributed by atoms with Crippen molar-refractivity contribution >= 4 is 33.3 Å². The van der Waals surface area contributed by atoms with Crippen LogP contribution in [0, 0.1) is 27.7 Å². The molecule has 1 atom stereocenters. The highest BCUT2D eigenvalue weighted by Crippen LogP contribution is 2.31. The Morgan fingerprint density at radius 2 is 1.59 bits per heavy atom. The number of aryl methyl sites for hydroxylation is 2. The summed E-state index contributed by atoms with van der Waals surface area (Å²) in [4.78, 5) is 12.7. The molecule has 1 amide bonds. The van der Waals surface area contributed by atoms with Crippen LogP contribution in [-0.4, -0.2) is 29.8 Å². The van der Waals surface area contributed by atoms with Crippen LogP contribution in [0.3, 0.4) is 0 Å². The van der Waals surface area contributed by atoms with E-state index in [2.05, 4.69) is 5.32 Å². The molecule has 1 fully saturated rings. The van der Waals surface area contributed by atoms with Crippen LogP contribution in [0.1, 0.15) is 27.8 Å². The Morgan fingerprint density at radius 3 is 2.15 bits per heavy atom. The van der Waals surface area contributed by atoms with Crippen molar-refractivity contribution in [2.45, 2.75) is 45.1 Å². The highest BCUT2D eigenvalue weighted by molar-refractivity contribution is 7.91. The van der Waals surface area contributed by atoms with Gasteiger partial charge in [-0.1, -0.05) is 36.4 Å². The largest absolute Gasteiger partial charge is 0.300 e. The SMILES string of the molecule is Cc1cc(C)c(C)c(S(=O)(=O)N2C(=S)NC(=O)[C@H]2Cc2ccccc2)c1C. The van der Waals surface area contributed by atoms with E-state index in [0.29, 0.717) is 11.1 Å². The Balaban J connectivity index is 2.12. The Labute approximate surface area is 165 Å². The molecule has 0 aromatic heterocycles. The lowest BCUT2D eigenvalue weighted by molar-refractivity contribution is -0.120. The van der Waals surface area contributed by atoms with Gasteiger partial charge in [-0.3, -0.25) is 4.79 Å². The molecule has 1 heterocycles. The van der Waals surface area contributed by atoms with Crippen molar-refractivity contribution in [2.75, 3.05) is 0 Å². The van der Waals surface area contributed by atoms with E-state index in [9.17, 15) is 13.2 Å². The number of hydrogen-bond acceptors (Lipinski definition) is 4. The molecule has 0 spiro atoms. The third-order valence-corrected chi connectivity index (χ3v) is 7.60. The van der Waals surface area contributed by atoms with Crippen molar-refractivity contribution in [1.82, 2.24) is 9.62 Å². The standard InChI is InChI=1S/C20H22N2O3S2/c1-12-10-13(2)15(4)18(14(12)3)27(24,25)22-17(19(23)21-20(22)26)11-16-8-6-5-7-9-16/h5-10,17H,11H2,1-4H3,(H,21,23,26)/t17-/m1/s1. The number of rotatable bonds is 4. The van der Waals surface area contributed by atoms with Crippen LogP contribution in [0.2, 0.25) is 0 Å². The Morgan fingerprint density at radius 1 is 1.04 bits per heavy atom. The maximum Gasteiger partial charge on any atom is 0.267 e. The van der Waals surface area contributed by atoms with Gasteiger partial charge in [0.1, 0.15) is 6.04 Å². The van der Waals surface area contributed by atoms with Crippen LogP contribution in [-0.2, 0) is 21.2 Å². The highest BCUT2D eigenvalue weighted by Gasteiger charge is 2.45. The molecule has 0 aliphatic carbocycles. The first-order valence-electron chi connectivity index (χ1n) is 8.65. The molecule has 7 heteroatoms. The molecule has 2 aromatic rings. The van der Waals surface area contributed by atoms with E-state index in [4.69, 9.17) is 12.2 Å². The van der Waals surface area contributed by atoms with Crippen molar-refractivity contribution in [1.29, 1.82) is 0 Å². The fraction of sp³-hybridized carbons (Fsp3) is 0.300. The molecule has 0 radical (unpaired) electrons. The van der Waals surface area contributed by atoms with E-state index in [1.165, 1.54) is 0 Å². The van der Waals surface area contributed by atoms with Crippen molar-refractivity contribution in [2.24, 2.45) is 0 Å². The fourth-order valence-corrected chi connectivity index (χ4v) is 6.03. The fourth-order valence-electron chi connectivity index (χ4n) is 3.45. The zero-order valence-electron chi connectivity index (χ0n) is 15.7. The van der Waals surface area contributed by atoms with E-state index in [1.54, 1.807) is 13.8 Å². The number of benzene rings is 2. The number of thiocarbonyl (C=S) groups is 1. The minimum atomic E-state index is -3.99. The van der Waals surface area contributed by atoms with Gasteiger partial charge in [0, 0.05) is 6.42 Å². The van der Waals surface area contributed by atoms with Gasteiger partial charge in [-0.05, 0) is 67.7 Å². The van der Waals surface area contributed by atoms with Crippen LogP contribution in [0.25, 0.3) is 0 Å². The maximum atomic E-state index is 13.6. The molecule has 1 aliphatic heterocycles. The lowest BCUT2D eigenvalue weighted by Gasteiger charge is -2.26. The van der Waals surface area contributed by atoms with E-state index in [1.807, 2.05) is 50.2 Å². The summed E-state index contributed by atoms with van der Waals surface area (Å²) >= 11 is 5.23. The lowest BCUT2D eigenvalue weighted by atomic mass is 10.0. The summed E-state index contributed by atoms with van der Waals surface area (Å²) in [6.45, 7) is 7.34. The van der Waals surface area contributed by atoms with Gasteiger partial charge < -0.3 is 5.32 Å². The van der Waals surface area contributed by atoms with Crippen LogP contribution in [0.5, 0.6) is 0 Å². The van der Waals surface area contributed by atoms with Crippen molar-refractivity contribution in [3.8, 4) is 0 Å². The zero-order chi connectivity index (χ0) is 19.9. The van der Waals surface area contributed by atoms with Gasteiger partial charge in [0.2, 0.25) is 0 Å². The molecule has 27 heavy (non-hydrogen) atoms. The number of nitrogens with zero attached hydrogens (tertiary/aromatic N) is 1. The molecule has 3 rings (SSSR count). The molecule has 0 unspecified atom stereocenters. The quantitative estimate of drug-likeness (QED) is 0.799. The third-order valence-electron chi connectivity index (χ3n) is 5.10. The number of carbonyl (C=O) groups is 1. The first-order valence-corrected chi connectivity index (χ1v) is 10.5. The average molecular weight is 403 g/mol. The summed E-state index contributed by atoms with van der Waals surface area (Å²) in [6, 6.07) is 10.4. The Hall–Kier alpha value is -2.25. The minimum absolute atomic E-state index is 0.0705. The lowest BCUT2D eigenvalue weighted by Crippen LogP contribution is -2.42. The van der Waals surface area contributed by atoms with Gasteiger partial charge in [-0.15, -0.1) is 0 Å². The monoisotopic (exact) mass is 402 g/mol. The van der Waals surface area contributed by atoms with E-state index < -0.39 is 22.0 Å². The number of carbonyl (C=O) groups excluding carboxylic acids is 1. The molecule has 142 valence electrons. The predicted molar refractivity (Wildman–Crippen MR) is 109 cm³/mol. The topological polar surface area (TPSA) is 66.5 Å². The maximum absolute atomic E-state index is 13.6. The summed E-state index contributed by atoms with van der Waals surface area (Å²) in [6.07, 6.45) is 0.259. The molecule has 0 saturated carbocycles. The number of amides is 1. The summed E-state index contributed by atoms with van der Waals surface area (Å²) < 4.78 is 28.2. The summed E-state index contributed by atoms with van der Waals surface area (Å²) in [5, 5.41) is 2.45. The van der Waals surface area contributed by atoms with Crippen molar-refractivity contribution in [3.05, 3.63) is 64.2 Å². The summed E-state index contributed by atoms with van der Waals surface area (Å²) in [5.41, 5.74) is 4.01. The van der Waals surface area contributed by atoms with Gasteiger partial charge in [-0.25, -0.2) is 12.7 Å². The normalized spacial score (nSPS) is 17.3. The minimum Gasteiger partial charge on any atom is -0.300 e. The van der Waals surface area contributed by atoms with Gasteiger partial charge >= 0.3 is 0 Å². The van der Waals surface area contributed by atoms with Gasteiger partial charge in [0.05, 0.1) is 4.90 Å². The van der Waals surface area contributed by atoms with Crippen molar-refractivity contribution < 1.29 is 13.2 Å². The number of nitrogens with one attached hydrogen (secondary N) is 1. The Bertz CT molecular complexity index is 1000. The van der Waals surface area contributed by atoms with E-state index in [0.717, 1.165) is 21.0 Å². The summed E-state index contributed by atoms with van der Waals surface area (Å²) in [7, 11) is -3.99. The third kappa shape index (κ3) is 3.37. The van der Waals surface area contributed by atoms with Crippen LogP contribution in [0.15, 0.2) is 41.3 Å². The molecule has 1 saturated heterocycles. The summed E-state index contributed by atoms with van der Waals surface area (Å²) in [5.74, 6) is -0.396. The molecular formula is C20H22N2O3S2.